The maximum absolute atomic E-state index is 12.5. The van der Waals surface area contributed by atoms with Crippen molar-refractivity contribution in [3.05, 3.63) is 35.9 Å². The van der Waals surface area contributed by atoms with Gasteiger partial charge in [0.15, 0.2) is 0 Å². The predicted octanol–water partition coefficient (Wildman–Crippen LogP) is 3.80. The molecule has 0 spiro atoms. The highest BCUT2D eigenvalue weighted by Gasteiger charge is 2.26. The molecule has 1 aliphatic carbocycles. The van der Waals surface area contributed by atoms with Crippen molar-refractivity contribution in [1.29, 1.82) is 0 Å². The van der Waals surface area contributed by atoms with Crippen LogP contribution in [-0.4, -0.2) is 48.1 Å². The Labute approximate surface area is 146 Å². The summed E-state index contributed by atoms with van der Waals surface area (Å²) in [7, 11) is 0. The maximum Gasteiger partial charge on any atom is 0.317 e. The molecule has 1 aliphatic heterocycles. The van der Waals surface area contributed by atoms with Crippen molar-refractivity contribution in [3.8, 4) is 0 Å². The largest absolute Gasteiger partial charge is 0.335 e. The van der Waals surface area contributed by atoms with Crippen LogP contribution >= 0.6 is 0 Å². The second-order valence-electron chi connectivity index (χ2n) is 7.25. The molecular formula is C20H31N3O. The first-order chi connectivity index (χ1) is 11.7. The standard InChI is InChI=1S/C20H31N3O/c1-17(18-9-5-4-6-10-18)22-13-15-23(16-14-22)20(24)21-19-11-7-2-3-8-12-19/h4-6,9-10,17,19H,2-3,7-8,11-16H2,1H3,(H,21,24). The van der Waals surface area contributed by atoms with Crippen LogP contribution in [0.3, 0.4) is 0 Å². The molecule has 2 aliphatic rings. The number of amides is 2. The van der Waals surface area contributed by atoms with Gasteiger partial charge in [-0.1, -0.05) is 56.0 Å². The first-order valence-corrected chi connectivity index (χ1v) is 9.58. The van der Waals surface area contributed by atoms with E-state index in [9.17, 15) is 4.79 Å². The molecule has 4 heteroatoms. The monoisotopic (exact) mass is 329 g/mol. The Bertz CT molecular complexity index is 503. The van der Waals surface area contributed by atoms with Gasteiger partial charge in [-0.2, -0.15) is 0 Å². The van der Waals surface area contributed by atoms with Crippen molar-refractivity contribution < 1.29 is 4.79 Å². The van der Waals surface area contributed by atoms with E-state index in [0.717, 1.165) is 39.0 Å². The smallest absolute Gasteiger partial charge is 0.317 e. The summed E-state index contributed by atoms with van der Waals surface area (Å²) >= 11 is 0. The zero-order valence-electron chi connectivity index (χ0n) is 14.9. The Hall–Kier alpha value is -1.55. The number of urea groups is 1. The van der Waals surface area contributed by atoms with Gasteiger partial charge in [-0.05, 0) is 25.3 Å². The highest BCUT2D eigenvalue weighted by atomic mass is 16.2. The molecule has 2 fully saturated rings. The molecule has 0 radical (unpaired) electrons. The third kappa shape index (κ3) is 4.50. The van der Waals surface area contributed by atoms with Crippen LogP contribution in [-0.2, 0) is 0 Å². The third-order valence-electron chi connectivity index (χ3n) is 5.61. The van der Waals surface area contributed by atoms with Gasteiger partial charge >= 0.3 is 6.03 Å². The molecule has 1 saturated carbocycles. The number of carbonyl (C=O) groups is 1. The summed E-state index contributed by atoms with van der Waals surface area (Å²) in [5, 5.41) is 3.27. The summed E-state index contributed by atoms with van der Waals surface area (Å²) in [5.74, 6) is 0. The number of hydrogen-bond donors (Lipinski definition) is 1. The second kappa shape index (κ2) is 8.52. The number of nitrogens with zero attached hydrogens (tertiary/aromatic N) is 2. The van der Waals surface area contributed by atoms with Crippen molar-refractivity contribution in [2.75, 3.05) is 26.2 Å². The molecular weight excluding hydrogens is 298 g/mol. The summed E-state index contributed by atoms with van der Waals surface area (Å²) in [6.07, 6.45) is 7.46. The first kappa shape index (κ1) is 17.3. The molecule has 1 saturated heterocycles. The molecule has 24 heavy (non-hydrogen) atoms. The van der Waals surface area contributed by atoms with Crippen molar-refractivity contribution in [2.45, 2.75) is 57.5 Å². The normalized spacial score (nSPS) is 22.0. The number of carbonyl (C=O) groups excluding carboxylic acids is 1. The molecule has 1 aromatic rings. The zero-order chi connectivity index (χ0) is 16.8. The van der Waals surface area contributed by atoms with Crippen LogP contribution in [0.25, 0.3) is 0 Å². The minimum atomic E-state index is 0.147. The Morgan fingerprint density at radius 2 is 1.62 bits per heavy atom. The fourth-order valence-corrected chi connectivity index (χ4v) is 3.94. The van der Waals surface area contributed by atoms with E-state index in [0.29, 0.717) is 12.1 Å². The molecule has 1 aromatic carbocycles. The molecule has 1 atom stereocenters. The molecule has 0 aromatic heterocycles. The first-order valence-electron chi connectivity index (χ1n) is 9.58. The van der Waals surface area contributed by atoms with Crippen LogP contribution in [0.1, 0.15) is 57.1 Å². The van der Waals surface area contributed by atoms with Crippen molar-refractivity contribution >= 4 is 6.03 Å². The third-order valence-corrected chi connectivity index (χ3v) is 5.61. The topological polar surface area (TPSA) is 35.6 Å². The van der Waals surface area contributed by atoms with Crippen LogP contribution in [0.2, 0.25) is 0 Å². The minimum absolute atomic E-state index is 0.147. The molecule has 4 nitrogen and oxygen atoms in total. The van der Waals surface area contributed by atoms with Crippen LogP contribution in [0, 0.1) is 0 Å². The van der Waals surface area contributed by atoms with E-state index in [1.54, 1.807) is 0 Å². The van der Waals surface area contributed by atoms with E-state index < -0.39 is 0 Å². The molecule has 0 bridgehead atoms. The lowest BCUT2D eigenvalue weighted by Crippen LogP contribution is -2.53. The maximum atomic E-state index is 12.5. The number of hydrogen-bond acceptors (Lipinski definition) is 2. The Morgan fingerprint density at radius 3 is 2.25 bits per heavy atom. The second-order valence-corrected chi connectivity index (χ2v) is 7.25. The van der Waals surface area contributed by atoms with Gasteiger partial charge in [0.2, 0.25) is 0 Å². The number of nitrogens with one attached hydrogen (secondary N) is 1. The van der Waals surface area contributed by atoms with E-state index >= 15 is 0 Å². The van der Waals surface area contributed by atoms with Gasteiger partial charge in [-0.25, -0.2) is 4.79 Å². The highest BCUT2D eigenvalue weighted by Crippen LogP contribution is 2.22. The van der Waals surface area contributed by atoms with Gasteiger partial charge in [0, 0.05) is 38.3 Å². The summed E-state index contributed by atoms with van der Waals surface area (Å²) in [5.41, 5.74) is 1.36. The van der Waals surface area contributed by atoms with E-state index in [4.69, 9.17) is 0 Å². The number of piperazine rings is 1. The van der Waals surface area contributed by atoms with E-state index in [-0.39, 0.29) is 6.03 Å². The Morgan fingerprint density at radius 1 is 1.00 bits per heavy atom. The summed E-state index contributed by atoms with van der Waals surface area (Å²) in [4.78, 5) is 17.0. The number of benzene rings is 1. The highest BCUT2D eigenvalue weighted by molar-refractivity contribution is 5.74. The lowest BCUT2D eigenvalue weighted by Gasteiger charge is -2.38. The molecule has 1 N–H and O–H groups in total. The van der Waals surface area contributed by atoms with Gasteiger partial charge in [-0.15, -0.1) is 0 Å². The van der Waals surface area contributed by atoms with Crippen LogP contribution in [0.15, 0.2) is 30.3 Å². The molecule has 1 heterocycles. The van der Waals surface area contributed by atoms with E-state index in [1.807, 2.05) is 4.90 Å². The molecule has 132 valence electrons. The van der Waals surface area contributed by atoms with Gasteiger partial charge in [0.05, 0.1) is 0 Å². The van der Waals surface area contributed by atoms with Gasteiger partial charge in [-0.3, -0.25) is 4.90 Å². The van der Waals surface area contributed by atoms with Gasteiger partial charge < -0.3 is 10.2 Å². The lowest BCUT2D eigenvalue weighted by atomic mass is 10.1. The van der Waals surface area contributed by atoms with Crippen LogP contribution in [0.5, 0.6) is 0 Å². The van der Waals surface area contributed by atoms with Crippen molar-refractivity contribution in [1.82, 2.24) is 15.1 Å². The Balaban J connectivity index is 1.46. The predicted molar refractivity (Wildman–Crippen MR) is 98.0 cm³/mol. The average Bonchev–Trinajstić information content (AvgIpc) is 2.90. The van der Waals surface area contributed by atoms with Crippen LogP contribution in [0.4, 0.5) is 4.79 Å². The SMILES string of the molecule is CC(c1ccccc1)N1CCN(C(=O)NC2CCCCCC2)CC1. The van der Waals surface area contributed by atoms with Crippen molar-refractivity contribution in [2.24, 2.45) is 0 Å². The summed E-state index contributed by atoms with van der Waals surface area (Å²) in [6, 6.07) is 11.6. The molecule has 2 amide bonds. The summed E-state index contributed by atoms with van der Waals surface area (Å²) in [6.45, 7) is 5.82. The summed E-state index contributed by atoms with van der Waals surface area (Å²) < 4.78 is 0. The van der Waals surface area contributed by atoms with Gasteiger partial charge in [0.1, 0.15) is 0 Å². The average molecular weight is 329 g/mol. The fourth-order valence-electron chi connectivity index (χ4n) is 3.94. The van der Waals surface area contributed by atoms with E-state index in [2.05, 4.69) is 47.5 Å². The molecule has 1 unspecified atom stereocenters. The van der Waals surface area contributed by atoms with Crippen LogP contribution < -0.4 is 5.32 Å². The quantitative estimate of drug-likeness (QED) is 0.856. The fraction of sp³-hybridized carbons (Fsp3) is 0.650. The minimum Gasteiger partial charge on any atom is -0.335 e. The zero-order valence-corrected chi connectivity index (χ0v) is 14.9. The molecule has 3 rings (SSSR count). The van der Waals surface area contributed by atoms with E-state index in [1.165, 1.54) is 31.2 Å². The lowest BCUT2D eigenvalue weighted by molar-refractivity contribution is 0.112. The Kier molecular flexibility index (Phi) is 6.13. The number of rotatable bonds is 3. The van der Waals surface area contributed by atoms with Crippen molar-refractivity contribution in [3.63, 3.8) is 0 Å². The van der Waals surface area contributed by atoms with Gasteiger partial charge in [0.25, 0.3) is 0 Å².